The Bertz CT molecular complexity index is 649. The highest BCUT2D eigenvalue weighted by molar-refractivity contribution is 9.10. The van der Waals surface area contributed by atoms with Crippen molar-refractivity contribution in [3.05, 3.63) is 28.2 Å². The molecule has 0 unspecified atom stereocenters. The summed E-state index contributed by atoms with van der Waals surface area (Å²) in [4.78, 5) is 26.3. The zero-order chi connectivity index (χ0) is 16.6. The topological polar surface area (TPSA) is 76.1 Å². The Morgan fingerprint density at radius 2 is 2.26 bits per heavy atom. The number of carbonyl (C=O) groups excluding carboxylic acids is 1. The molecule has 2 heterocycles. The number of nitrogens with zero attached hydrogens (tertiary/aromatic N) is 1. The fraction of sp³-hybridized carbons (Fsp3) is 0.500. The summed E-state index contributed by atoms with van der Waals surface area (Å²) in [7, 11) is 1.51. The maximum absolute atomic E-state index is 12.8. The molecule has 0 aliphatic carbocycles. The molecule has 1 aromatic rings. The van der Waals surface area contributed by atoms with E-state index in [-0.39, 0.29) is 18.4 Å². The number of carboxylic acids is 1. The first-order chi connectivity index (χ1) is 11.0. The second-order valence-electron chi connectivity index (χ2n) is 6.01. The Labute approximate surface area is 142 Å². The summed E-state index contributed by atoms with van der Waals surface area (Å²) in [6, 6.07) is 5.19. The summed E-state index contributed by atoms with van der Waals surface area (Å²) in [6.07, 6.45) is 0.439. The molecule has 1 N–H and O–H groups in total. The number of hydrogen-bond acceptors (Lipinski definition) is 4. The molecule has 124 valence electrons. The monoisotopic (exact) mass is 383 g/mol. The van der Waals surface area contributed by atoms with Crippen LogP contribution in [0.4, 0.5) is 0 Å². The lowest BCUT2D eigenvalue weighted by molar-refractivity contribution is -0.157. The summed E-state index contributed by atoms with van der Waals surface area (Å²) in [6.45, 7) is 1.42. The molecule has 0 saturated carbocycles. The number of amides is 1. The number of carboxylic acid groups (broad SMARTS) is 1. The average molecular weight is 384 g/mol. The molecule has 2 aliphatic rings. The van der Waals surface area contributed by atoms with Gasteiger partial charge in [0.2, 0.25) is 0 Å². The number of benzene rings is 1. The van der Waals surface area contributed by atoms with Crippen LogP contribution in [0.2, 0.25) is 0 Å². The Morgan fingerprint density at radius 1 is 1.48 bits per heavy atom. The van der Waals surface area contributed by atoms with Gasteiger partial charge in [0.1, 0.15) is 5.75 Å². The van der Waals surface area contributed by atoms with Crippen molar-refractivity contribution in [2.45, 2.75) is 6.42 Å². The number of halogens is 1. The third-order valence-corrected chi connectivity index (χ3v) is 5.31. The molecule has 1 amide bonds. The molecule has 7 heteroatoms. The maximum Gasteiger partial charge on any atom is 0.311 e. The molecule has 2 atom stereocenters. The van der Waals surface area contributed by atoms with E-state index in [0.29, 0.717) is 37.5 Å². The molecule has 0 spiro atoms. The first-order valence-electron chi connectivity index (χ1n) is 7.42. The van der Waals surface area contributed by atoms with E-state index in [2.05, 4.69) is 15.9 Å². The lowest BCUT2D eigenvalue weighted by Gasteiger charge is -2.33. The molecular weight excluding hydrogens is 366 g/mol. The van der Waals surface area contributed by atoms with E-state index in [9.17, 15) is 14.7 Å². The third-order valence-electron chi connectivity index (χ3n) is 4.81. The highest BCUT2D eigenvalue weighted by Gasteiger charge is 2.55. The van der Waals surface area contributed by atoms with Crippen LogP contribution in [0.5, 0.6) is 5.75 Å². The van der Waals surface area contributed by atoms with Crippen LogP contribution in [-0.4, -0.2) is 55.3 Å². The van der Waals surface area contributed by atoms with Crippen LogP contribution in [0.15, 0.2) is 22.7 Å². The first kappa shape index (κ1) is 16.3. The van der Waals surface area contributed by atoms with Gasteiger partial charge in [0.15, 0.2) is 0 Å². The van der Waals surface area contributed by atoms with Crippen LogP contribution in [0.3, 0.4) is 0 Å². The van der Waals surface area contributed by atoms with E-state index < -0.39 is 11.4 Å². The number of hydrogen-bond donors (Lipinski definition) is 1. The molecule has 3 rings (SSSR count). The van der Waals surface area contributed by atoms with Crippen LogP contribution in [0.1, 0.15) is 16.8 Å². The zero-order valence-electron chi connectivity index (χ0n) is 12.8. The first-order valence-corrected chi connectivity index (χ1v) is 8.21. The molecule has 0 bridgehead atoms. The molecule has 0 aromatic heterocycles. The van der Waals surface area contributed by atoms with Gasteiger partial charge in [-0.1, -0.05) is 15.9 Å². The van der Waals surface area contributed by atoms with Crippen molar-refractivity contribution in [1.29, 1.82) is 0 Å². The number of fused-ring (bicyclic) bond motifs is 1. The van der Waals surface area contributed by atoms with Crippen LogP contribution in [0, 0.1) is 11.3 Å². The van der Waals surface area contributed by atoms with Crippen molar-refractivity contribution in [3.8, 4) is 5.75 Å². The fourth-order valence-corrected chi connectivity index (χ4v) is 3.81. The highest BCUT2D eigenvalue weighted by atomic mass is 79.9. The highest BCUT2D eigenvalue weighted by Crippen LogP contribution is 2.43. The number of likely N-dealkylation sites (tertiary alicyclic amines) is 1. The predicted molar refractivity (Wildman–Crippen MR) is 85.6 cm³/mol. The van der Waals surface area contributed by atoms with Gasteiger partial charge in [-0.25, -0.2) is 0 Å². The summed E-state index contributed by atoms with van der Waals surface area (Å²) in [5.41, 5.74) is -0.452. The normalized spacial score (nSPS) is 26.7. The lowest BCUT2D eigenvalue weighted by atomic mass is 9.74. The van der Waals surface area contributed by atoms with E-state index in [0.717, 1.165) is 4.47 Å². The van der Waals surface area contributed by atoms with Gasteiger partial charge in [0, 0.05) is 30.1 Å². The van der Waals surface area contributed by atoms with Crippen LogP contribution < -0.4 is 4.74 Å². The predicted octanol–water partition coefficient (Wildman–Crippen LogP) is 2.02. The summed E-state index contributed by atoms with van der Waals surface area (Å²) in [5.74, 6) is -0.743. The Kier molecular flexibility index (Phi) is 4.33. The van der Waals surface area contributed by atoms with Crippen LogP contribution in [0.25, 0.3) is 0 Å². The SMILES string of the molecule is COc1cc(Br)ccc1C(=O)N1C[C@H]2COCC[C@@]2(C(=O)O)C1. The van der Waals surface area contributed by atoms with E-state index >= 15 is 0 Å². The maximum atomic E-state index is 12.8. The second-order valence-corrected chi connectivity index (χ2v) is 6.93. The summed E-state index contributed by atoms with van der Waals surface area (Å²) in [5, 5.41) is 9.68. The van der Waals surface area contributed by atoms with Crippen molar-refractivity contribution in [3.63, 3.8) is 0 Å². The zero-order valence-corrected chi connectivity index (χ0v) is 14.3. The van der Waals surface area contributed by atoms with Gasteiger partial charge in [0.05, 0.1) is 24.7 Å². The standard InChI is InChI=1S/C16H18BrNO5/c1-22-13-6-11(17)2-3-12(13)14(19)18-7-10-8-23-5-4-16(10,9-18)15(20)21/h2-3,6,10H,4-5,7-9H2,1H3,(H,20,21)/t10-,16+/m0/s1. The van der Waals surface area contributed by atoms with Crippen LogP contribution >= 0.6 is 15.9 Å². The fourth-order valence-electron chi connectivity index (χ4n) is 3.47. The molecular formula is C16H18BrNO5. The number of methoxy groups -OCH3 is 1. The minimum absolute atomic E-state index is 0.167. The van der Waals surface area contributed by atoms with Crippen molar-refractivity contribution >= 4 is 27.8 Å². The van der Waals surface area contributed by atoms with E-state index in [1.807, 2.05) is 0 Å². The Balaban J connectivity index is 1.88. The van der Waals surface area contributed by atoms with Gasteiger partial charge in [-0.2, -0.15) is 0 Å². The molecule has 2 fully saturated rings. The molecule has 2 aliphatic heterocycles. The number of ether oxygens (including phenoxy) is 2. The Hall–Kier alpha value is -1.60. The average Bonchev–Trinajstić information content (AvgIpc) is 2.95. The minimum atomic E-state index is -0.892. The molecule has 0 radical (unpaired) electrons. The molecule has 23 heavy (non-hydrogen) atoms. The molecule has 1 aromatic carbocycles. The largest absolute Gasteiger partial charge is 0.496 e. The van der Waals surface area contributed by atoms with E-state index in [1.165, 1.54) is 7.11 Å². The van der Waals surface area contributed by atoms with Crippen LogP contribution in [-0.2, 0) is 9.53 Å². The smallest absolute Gasteiger partial charge is 0.311 e. The Morgan fingerprint density at radius 3 is 2.91 bits per heavy atom. The van der Waals surface area contributed by atoms with Gasteiger partial charge in [-0.15, -0.1) is 0 Å². The number of aliphatic carboxylic acids is 1. The van der Waals surface area contributed by atoms with Crippen molar-refractivity contribution < 1.29 is 24.2 Å². The number of carbonyl (C=O) groups is 2. The van der Waals surface area contributed by atoms with Gasteiger partial charge >= 0.3 is 5.97 Å². The summed E-state index contributed by atoms with van der Waals surface area (Å²) >= 11 is 3.35. The summed E-state index contributed by atoms with van der Waals surface area (Å²) < 4.78 is 11.5. The molecule has 6 nitrogen and oxygen atoms in total. The van der Waals surface area contributed by atoms with Gasteiger partial charge < -0.3 is 19.5 Å². The van der Waals surface area contributed by atoms with Crippen molar-refractivity contribution in [1.82, 2.24) is 4.90 Å². The van der Waals surface area contributed by atoms with Gasteiger partial charge in [0.25, 0.3) is 5.91 Å². The van der Waals surface area contributed by atoms with Crippen molar-refractivity contribution in [2.75, 3.05) is 33.4 Å². The third kappa shape index (κ3) is 2.72. The second kappa shape index (κ2) is 6.13. The quantitative estimate of drug-likeness (QED) is 0.863. The molecule has 2 saturated heterocycles. The lowest BCUT2D eigenvalue weighted by Crippen LogP contribution is -2.45. The van der Waals surface area contributed by atoms with Crippen molar-refractivity contribution in [2.24, 2.45) is 11.3 Å². The number of rotatable bonds is 3. The minimum Gasteiger partial charge on any atom is -0.496 e. The van der Waals surface area contributed by atoms with Gasteiger partial charge in [-0.05, 0) is 24.6 Å². The van der Waals surface area contributed by atoms with Gasteiger partial charge in [-0.3, -0.25) is 9.59 Å². The van der Waals surface area contributed by atoms with E-state index in [1.54, 1.807) is 23.1 Å². The van der Waals surface area contributed by atoms with E-state index in [4.69, 9.17) is 9.47 Å².